The molecule has 0 bridgehead atoms. The lowest BCUT2D eigenvalue weighted by Gasteiger charge is -2.11. The van der Waals surface area contributed by atoms with Gasteiger partial charge in [0.25, 0.3) is 0 Å². The summed E-state index contributed by atoms with van der Waals surface area (Å²) in [7, 11) is 0. The molecule has 1 aromatic carbocycles. The van der Waals surface area contributed by atoms with Gasteiger partial charge in [-0.15, -0.1) is 11.3 Å². The fraction of sp³-hybridized carbons (Fsp3) is 0.286. The van der Waals surface area contributed by atoms with E-state index < -0.39 is 0 Å². The van der Waals surface area contributed by atoms with E-state index in [1.807, 2.05) is 31.2 Å². The Morgan fingerprint density at radius 3 is 2.50 bits per heavy atom. The fourth-order valence-electron chi connectivity index (χ4n) is 1.74. The van der Waals surface area contributed by atoms with Crippen LogP contribution in [0.2, 0.25) is 0 Å². The van der Waals surface area contributed by atoms with Crippen LogP contribution in [0.25, 0.3) is 0 Å². The van der Waals surface area contributed by atoms with E-state index in [4.69, 9.17) is 10.5 Å². The molecule has 0 saturated heterocycles. The average Bonchev–Trinajstić information content (AvgIpc) is 2.70. The molecule has 1 heterocycles. The predicted molar refractivity (Wildman–Crippen MR) is 80.4 cm³/mol. The van der Waals surface area contributed by atoms with Gasteiger partial charge in [0.1, 0.15) is 5.75 Å². The second-order valence-corrected chi connectivity index (χ2v) is 6.49. The highest BCUT2D eigenvalue weighted by Gasteiger charge is 2.13. The van der Waals surface area contributed by atoms with Gasteiger partial charge in [-0.3, -0.25) is 0 Å². The maximum atomic E-state index is 6.27. The van der Waals surface area contributed by atoms with Crippen LogP contribution in [0.4, 0.5) is 0 Å². The van der Waals surface area contributed by atoms with E-state index >= 15 is 0 Å². The lowest BCUT2D eigenvalue weighted by molar-refractivity contribution is 0.340. The number of nitrogens with two attached hydrogens (primary N) is 1. The van der Waals surface area contributed by atoms with Crippen LogP contribution in [0.3, 0.4) is 0 Å². The highest BCUT2D eigenvalue weighted by atomic mass is 79.9. The largest absolute Gasteiger partial charge is 0.494 e. The molecular formula is C14H16BrNOS. The van der Waals surface area contributed by atoms with E-state index in [9.17, 15) is 0 Å². The smallest absolute Gasteiger partial charge is 0.119 e. The van der Waals surface area contributed by atoms with Crippen LogP contribution in [0.1, 0.15) is 29.0 Å². The van der Waals surface area contributed by atoms with Gasteiger partial charge in [-0.2, -0.15) is 0 Å². The number of hydrogen-bond donors (Lipinski definition) is 1. The minimum absolute atomic E-state index is 0.0734. The lowest BCUT2D eigenvalue weighted by Crippen LogP contribution is -2.10. The van der Waals surface area contributed by atoms with E-state index in [-0.39, 0.29) is 6.04 Å². The van der Waals surface area contributed by atoms with Gasteiger partial charge in [0.05, 0.1) is 16.4 Å². The second-order valence-electron chi connectivity index (χ2n) is 4.09. The van der Waals surface area contributed by atoms with Crippen LogP contribution in [0.5, 0.6) is 5.75 Å². The number of thiophene rings is 1. The molecule has 1 atom stereocenters. The normalized spacial score (nSPS) is 12.4. The van der Waals surface area contributed by atoms with E-state index in [0.29, 0.717) is 6.61 Å². The predicted octanol–water partition coefficient (Wildman–Crippen LogP) is 4.27. The Hall–Kier alpha value is -0.840. The molecule has 0 aliphatic rings. The third-order valence-electron chi connectivity index (χ3n) is 2.73. The molecule has 96 valence electrons. The van der Waals surface area contributed by atoms with Gasteiger partial charge < -0.3 is 10.5 Å². The highest BCUT2D eigenvalue weighted by Crippen LogP contribution is 2.33. The third kappa shape index (κ3) is 2.94. The molecule has 0 aliphatic carbocycles. The summed E-state index contributed by atoms with van der Waals surface area (Å²) in [4.78, 5) is 1.17. The standard InChI is InChI=1S/C14H16BrNOS/c1-3-17-11-6-4-10(5-7-11)13(16)12-8-9(2)14(15)18-12/h4-8,13H,3,16H2,1-2H3. The zero-order valence-electron chi connectivity index (χ0n) is 10.4. The van der Waals surface area contributed by atoms with E-state index in [2.05, 4.69) is 28.9 Å². The minimum atomic E-state index is -0.0734. The summed E-state index contributed by atoms with van der Waals surface area (Å²) in [5, 5.41) is 0. The Kier molecular flexibility index (Phi) is 4.43. The van der Waals surface area contributed by atoms with Crippen LogP contribution in [-0.2, 0) is 0 Å². The second kappa shape index (κ2) is 5.87. The van der Waals surface area contributed by atoms with Crippen LogP contribution in [-0.4, -0.2) is 6.61 Å². The van der Waals surface area contributed by atoms with E-state index in [1.54, 1.807) is 11.3 Å². The molecule has 0 fully saturated rings. The summed E-state index contributed by atoms with van der Waals surface area (Å²) in [6.07, 6.45) is 0. The first-order chi connectivity index (χ1) is 8.61. The van der Waals surface area contributed by atoms with Crippen LogP contribution in [0, 0.1) is 6.92 Å². The molecule has 2 N–H and O–H groups in total. The van der Waals surface area contributed by atoms with Crippen molar-refractivity contribution in [2.45, 2.75) is 19.9 Å². The number of rotatable bonds is 4. The third-order valence-corrected chi connectivity index (χ3v) is 4.95. The maximum absolute atomic E-state index is 6.27. The summed E-state index contributed by atoms with van der Waals surface area (Å²) in [6, 6.07) is 10.0. The van der Waals surface area contributed by atoms with Crippen molar-refractivity contribution in [3.05, 3.63) is 50.1 Å². The zero-order chi connectivity index (χ0) is 13.1. The lowest BCUT2D eigenvalue weighted by atomic mass is 10.1. The first kappa shape index (κ1) is 13.6. The Bertz CT molecular complexity index is 502. The fourth-order valence-corrected chi connectivity index (χ4v) is 3.34. The average molecular weight is 326 g/mol. The van der Waals surface area contributed by atoms with Gasteiger partial charge in [-0.1, -0.05) is 12.1 Å². The quantitative estimate of drug-likeness (QED) is 0.911. The van der Waals surface area contributed by atoms with E-state index in [0.717, 1.165) is 15.1 Å². The molecule has 4 heteroatoms. The van der Waals surface area contributed by atoms with Crippen molar-refractivity contribution >= 4 is 27.3 Å². The van der Waals surface area contributed by atoms with Crippen molar-refractivity contribution < 1.29 is 4.74 Å². The summed E-state index contributed by atoms with van der Waals surface area (Å²) >= 11 is 5.22. The highest BCUT2D eigenvalue weighted by molar-refractivity contribution is 9.11. The van der Waals surface area contributed by atoms with Crippen molar-refractivity contribution in [2.24, 2.45) is 5.73 Å². The molecule has 18 heavy (non-hydrogen) atoms. The zero-order valence-corrected chi connectivity index (χ0v) is 12.8. The van der Waals surface area contributed by atoms with Gasteiger partial charge >= 0.3 is 0 Å². The van der Waals surface area contributed by atoms with Crippen LogP contribution in [0.15, 0.2) is 34.1 Å². The van der Waals surface area contributed by atoms with Gasteiger partial charge in [0.15, 0.2) is 0 Å². The molecule has 0 aliphatic heterocycles. The Morgan fingerprint density at radius 2 is 2.00 bits per heavy atom. The molecule has 2 aromatic rings. The van der Waals surface area contributed by atoms with Crippen molar-refractivity contribution in [2.75, 3.05) is 6.61 Å². The monoisotopic (exact) mass is 325 g/mol. The molecule has 0 amide bonds. The van der Waals surface area contributed by atoms with Crippen molar-refractivity contribution in [3.8, 4) is 5.75 Å². The van der Waals surface area contributed by atoms with Gasteiger partial charge in [0.2, 0.25) is 0 Å². The van der Waals surface area contributed by atoms with Crippen LogP contribution >= 0.6 is 27.3 Å². The summed E-state index contributed by atoms with van der Waals surface area (Å²) in [6.45, 7) is 4.74. The Labute approximate surface area is 120 Å². The molecule has 0 saturated carbocycles. The minimum Gasteiger partial charge on any atom is -0.494 e. The van der Waals surface area contributed by atoms with Crippen molar-refractivity contribution in [3.63, 3.8) is 0 Å². The van der Waals surface area contributed by atoms with Gasteiger partial charge in [-0.05, 0) is 59.1 Å². The number of ether oxygens (including phenoxy) is 1. The van der Waals surface area contributed by atoms with Gasteiger partial charge in [0, 0.05) is 4.88 Å². The van der Waals surface area contributed by atoms with Crippen molar-refractivity contribution in [1.29, 1.82) is 0 Å². The van der Waals surface area contributed by atoms with Crippen LogP contribution < -0.4 is 10.5 Å². The Balaban J connectivity index is 2.20. The number of hydrogen-bond acceptors (Lipinski definition) is 3. The van der Waals surface area contributed by atoms with Gasteiger partial charge in [-0.25, -0.2) is 0 Å². The molecule has 2 nitrogen and oxygen atoms in total. The first-order valence-electron chi connectivity index (χ1n) is 5.86. The number of aryl methyl sites for hydroxylation is 1. The molecular weight excluding hydrogens is 310 g/mol. The summed E-state index contributed by atoms with van der Waals surface area (Å²) < 4.78 is 6.58. The van der Waals surface area contributed by atoms with Crippen molar-refractivity contribution in [1.82, 2.24) is 0 Å². The number of halogens is 1. The molecule has 1 aromatic heterocycles. The Morgan fingerprint density at radius 1 is 1.33 bits per heavy atom. The summed E-state index contributed by atoms with van der Waals surface area (Å²) in [5.41, 5.74) is 8.61. The number of benzene rings is 1. The first-order valence-corrected chi connectivity index (χ1v) is 7.47. The molecule has 2 rings (SSSR count). The molecule has 0 radical (unpaired) electrons. The molecule has 1 unspecified atom stereocenters. The topological polar surface area (TPSA) is 35.2 Å². The van der Waals surface area contributed by atoms with E-state index in [1.165, 1.54) is 10.4 Å². The molecule has 0 spiro atoms. The maximum Gasteiger partial charge on any atom is 0.119 e. The summed E-state index contributed by atoms with van der Waals surface area (Å²) in [5.74, 6) is 0.886. The SMILES string of the molecule is CCOc1ccc(C(N)c2cc(C)c(Br)s2)cc1.